The molecular weight excluding hydrogens is 244 g/mol. The highest BCUT2D eigenvalue weighted by molar-refractivity contribution is 5.81. The Bertz CT molecular complexity index is 353. The van der Waals surface area contributed by atoms with E-state index in [2.05, 4.69) is 5.32 Å². The van der Waals surface area contributed by atoms with Crippen molar-refractivity contribution >= 4 is 11.9 Å². The first-order valence-electron chi connectivity index (χ1n) is 7.04. The lowest BCUT2D eigenvalue weighted by Gasteiger charge is -2.44. The second-order valence-electron chi connectivity index (χ2n) is 6.64. The van der Waals surface area contributed by atoms with Gasteiger partial charge in [-0.25, -0.2) is 4.79 Å². The van der Waals surface area contributed by atoms with Crippen LogP contribution in [-0.4, -0.2) is 47.6 Å². The number of ketones is 1. The molecule has 2 aliphatic heterocycles. The van der Waals surface area contributed by atoms with Crippen LogP contribution in [0.25, 0.3) is 0 Å². The number of Topliss-reactive ketones (excluding diaryl/α,β-unsaturated/α-hetero) is 1. The van der Waals surface area contributed by atoms with Crippen LogP contribution >= 0.6 is 0 Å². The molecule has 1 amide bonds. The maximum Gasteiger partial charge on any atom is 0.410 e. The smallest absolute Gasteiger partial charge is 0.410 e. The van der Waals surface area contributed by atoms with Crippen LogP contribution in [-0.2, 0) is 9.53 Å². The fourth-order valence-corrected chi connectivity index (χ4v) is 2.71. The zero-order valence-electron chi connectivity index (χ0n) is 12.1. The Hall–Kier alpha value is -1.10. The number of ether oxygens (including phenoxy) is 1. The van der Waals surface area contributed by atoms with Crippen molar-refractivity contribution in [2.24, 2.45) is 0 Å². The first kappa shape index (κ1) is 14.3. The number of rotatable bonds is 0. The summed E-state index contributed by atoms with van der Waals surface area (Å²) in [5.41, 5.74) is -0.381. The molecule has 19 heavy (non-hydrogen) atoms. The largest absolute Gasteiger partial charge is 0.444 e. The Balaban J connectivity index is 1.85. The molecule has 2 saturated heterocycles. The summed E-state index contributed by atoms with van der Waals surface area (Å²) in [6.07, 6.45) is 3.14. The maximum atomic E-state index is 12.0. The van der Waals surface area contributed by atoms with Crippen molar-refractivity contribution in [3.63, 3.8) is 0 Å². The van der Waals surface area contributed by atoms with Crippen molar-refractivity contribution in [3.05, 3.63) is 0 Å². The van der Waals surface area contributed by atoms with E-state index in [0.717, 1.165) is 19.3 Å². The SMILES string of the molecule is CC(C)(C)OC(=O)N1CCC2(CCC(=O)CN2)CC1. The number of piperidine rings is 2. The van der Waals surface area contributed by atoms with Gasteiger partial charge in [0.15, 0.2) is 0 Å². The van der Waals surface area contributed by atoms with Crippen LogP contribution in [0.3, 0.4) is 0 Å². The number of hydrogen-bond donors (Lipinski definition) is 1. The summed E-state index contributed by atoms with van der Waals surface area (Å²) >= 11 is 0. The van der Waals surface area contributed by atoms with Crippen LogP contribution < -0.4 is 5.32 Å². The third kappa shape index (κ3) is 3.69. The average molecular weight is 268 g/mol. The van der Waals surface area contributed by atoms with Gasteiger partial charge >= 0.3 is 6.09 Å². The van der Waals surface area contributed by atoms with Gasteiger partial charge in [0.25, 0.3) is 0 Å². The lowest BCUT2D eigenvalue weighted by molar-refractivity contribution is -0.121. The van der Waals surface area contributed by atoms with Crippen LogP contribution in [0, 0.1) is 0 Å². The van der Waals surface area contributed by atoms with E-state index in [9.17, 15) is 9.59 Å². The second-order valence-corrected chi connectivity index (χ2v) is 6.64. The van der Waals surface area contributed by atoms with E-state index in [1.807, 2.05) is 20.8 Å². The fourth-order valence-electron chi connectivity index (χ4n) is 2.71. The van der Waals surface area contributed by atoms with Crippen molar-refractivity contribution in [3.8, 4) is 0 Å². The van der Waals surface area contributed by atoms with E-state index >= 15 is 0 Å². The fraction of sp³-hybridized carbons (Fsp3) is 0.857. The van der Waals surface area contributed by atoms with Gasteiger partial charge in [0, 0.05) is 25.0 Å². The molecule has 5 heteroatoms. The normalized spacial score (nSPS) is 23.5. The van der Waals surface area contributed by atoms with Crippen molar-refractivity contribution in [2.75, 3.05) is 19.6 Å². The van der Waals surface area contributed by atoms with Gasteiger partial charge in [-0.2, -0.15) is 0 Å². The number of nitrogens with one attached hydrogen (secondary N) is 1. The van der Waals surface area contributed by atoms with Crippen LogP contribution in [0.1, 0.15) is 46.5 Å². The molecule has 0 aromatic carbocycles. The monoisotopic (exact) mass is 268 g/mol. The second kappa shape index (κ2) is 5.12. The van der Waals surface area contributed by atoms with Gasteiger partial charge in [0.05, 0.1) is 6.54 Å². The molecule has 2 fully saturated rings. The predicted molar refractivity (Wildman–Crippen MR) is 72.0 cm³/mol. The highest BCUT2D eigenvalue weighted by Gasteiger charge is 2.39. The third-order valence-corrected chi connectivity index (χ3v) is 3.92. The van der Waals surface area contributed by atoms with Gasteiger partial charge in [0.2, 0.25) is 0 Å². The molecule has 2 rings (SSSR count). The minimum absolute atomic E-state index is 0.0619. The van der Waals surface area contributed by atoms with Crippen molar-refractivity contribution < 1.29 is 14.3 Å². The third-order valence-electron chi connectivity index (χ3n) is 3.92. The minimum Gasteiger partial charge on any atom is -0.444 e. The van der Waals surface area contributed by atoms with Gasteiger partial charge in [0.1, 0.15) is 11.4 Å². The van der Waals surface area contributed by atoms with Crippen LogP contribution in [0.15, 0.2) is 0 Å². The molecular formula is C14H24N2O3. The molecule has 1 N–H and O–H groups in total. The number of hydrogen-bond acceptors (Lipinski definition) is 4. The molecule has 2 heterocycles. The Morgan fingerprint density at radius 1 is 1.26 bits per heavy atom. The maximum absolute atomic E-state index is 12.0. The average Bonchev–Trinajstić information content (AvgIpc) is 2.32. The molecule has 108 valence electrons. The minimum atomic E-state index is -0.443. The number of amides is 1. The van der Waals surface area contributed by atoms with Gasteiger partial charge in [-0.1, -0.05) is 0 Å². The molecule has 0 aromatic heterocycles. The van der Waals surface area contributed by atoms with Crippen LogP contribution in [0.5, 0.6) is 0 Å². The topological polar surface area (TPSA) is 58.6 Å². The molecule has 1 spiro atoms. The lowest BCUT2D eigenvalue weighted by Crippen LogP contribution is -2.58. The lowest BCUT2D eigenvalue weighted by atomic mass is 9.80. The van der Waals surface area contributed by atoms with Crippen molar-refractivity contribution in [2.45, 2.75) is 57.6 Å². The quantitative estimate of drug-likeness (QED) is 0.726. The van der Waals surface area contributed by atoms with E-state index in [1.54, 1.807) is 4.90 Å². The summed E-state index contributed by atoms with van der Waals surface area (Å²) in [4.78, 5) is 25.0. The Morgan fingerprint density at radius 2 is 1.89 bits per heavy atom. The van der Waals surface area contributed by atoms with Gasteiger partial charge in [-0.15, -0.1) is 0 Å². The van der Waals surface area contributed by atoms with Crippen molar-refractivity contribution in [1.29, 1.82) is 0 Å². The zero-order chi connectivity index (χ0) is 14.1. The van der Waals surface area contributed by atoms with Crippen molar-refractivity contribution in [1.82, 2.24) is 10.2 Å². The Morgan fingerprint density at radius 3 is 2.37 bits per heavy atom. The summed E-state index contributed by atoms with van der Waals surface area (Å²) in [5.74, 6) is 0.292. The summed E-state index contributed by atoms with van der Waals surface area (Å²) in [6, 6.07) is 0. The van der Waals surface area contributed by atoms with Gasteiger partial charge < -0.3 is 15.0 Å². The van der Waals surface area contributed by atoms with Crippen LogP contribution in [0.2, 0.25) is 0 Å². The summed E-state index contributed by atoms with van der Waals surface area (Å²) in [7, 11) is 0. The summed E-state index contributed by atoms with van der Waals surface area (Å²) in [6.45, 7) is 7.53. The number of carbonyl (C=O) groups is 2. The molecule has 0 unspecified atom stereocenters. The Labute approximate surface area is 114 Å². The van der Waals surface area contributed by atoms with E-state index in [-0.39, 0.29) is 11.6 Å². The molecule has 0 aromatic rings. The van der Waals surface area contributed by atoms with Gasteiger partial charge in [-0.3, -0.25) is 4.79 Å². The Kier molecular flexibility index (Phi) is 3.85. The highest BCUT2D eigenvalue weighted by Crippen LogP contribution is 2.30. The molecule has 0 bridgehead atoms. The number of nitrogens with zero attached hydrogens (tertiary/aromatic N) is 1. The van der Waals surface area contributed by atoms with E-state index in [4.69, 9.17) is 4.74 Å². The molecule has 0 saturated carbocycles. The zero-order valence-corrected chi connectivity index (χ0v) is 12.1. The summed E-state index contributed by atoms with van der Waals surface area (Å²) in [5, 5.41) is 3.36. The molecule has 2 aliphatic rings. The predicted octanol–water partition coefficient (Wildman–Crippen LogP) is 1.71. The molecule has 5 nitrogen and oxygen atoms in total. The van der Waals surface area contributed by atoms with E-state index in [1.165, 1.54) is 0 Å². The summed E-state index contributed by atoms with van der Waals surface area (Å²) < 4.78 is 5.38. The van der Waals surface area contributed by atoms with Crippen LogP contribution in [0.4, 0.5) is 4.79 Å². The number of likely N-dealkylation sites (tertiary alicyclic amines) is 1. The first-order valence-corrected chi connectivity index (χ1v) is 7.04. The number of carbonyl (C=O) groups excluding carboxylic acids is 2. The van der Waals surface area contributed by atoms with E-state index in [0.29, 0.717) is 31.8 Å². The molecule has 0 aliphatic carbocycles. The molecule has 0 radical (unpaired) electrons. The first-order chi connectivity index (χ1) is 8.80. The highest BCUT2D eigenvalue weighted by atomic mass is 16.6. The standard InChI is InChI=1S/C14H24N2O3/c1-13(2,3)19-12(18)16-8-6-14(7-9-16)5-4-11(17)10-15-14/h15H,4-10H2,1-3H3. The van der Waals surface area contributed by atoms with Gasteiger partial charge in [-0.05, 0) is 40.0 Å². The van der Waals surface area contributed by atoms with E-state index < -0.39 is 5.60 Å². The molecule has 0 atom stereocenters.